The van der Waals surface area contributed by atoms with Gasteiger partial charge in [0.25, 0.3) is 0 Å². The second-order valence-corrected chi connectivity index (χ2v) is 7.21. The van der Waals surface area contributed by atoms with Crippen LogP contribution >= 0.6 is 42.6 Å². The number of methoxy groups -OCH3 is 2. The van der Waals surface area contributed by atoms with Crippen molar-refractivity contribution in [2.75, 3.05) is 33.5 Å². The number of halogens is 4. The van der Waals surface area contributed by atoms with Gasteiger partial charge in [-0.2, -0.15) is 0 Å². The van der Waals surface area contributed by atoms with E-state index >= 15 is 0 Å². The van der Waals surface area contributed by atoms with Crippen molar-refractivity contribution < 1.29 is 43.7 Å². The molecule has 0 saturated heterocycles. The molecule has 0 aromatic rings. The van der Waals surface area contributed by atoms with Crippen LogP contribution in [0.4, 0.5) is 0 Å². The van der Waals surface area contributed by atoms with Gasteiger partial charge in [-0.05, 0) is 11.6 Å². The molecule has 0 atom stereocenters. The molecule has 0 aliphatic carbocycles. The van der Waals surface area contributed by atoms with Crippen LogP contribution in [0.3, 0.4) is 0 Å². The molecule has 0 amide bonds. The summed E-state index contributed by atoms with van der Waals surface area (Å²) in [7, 11) is 12.7. The van der Waals surface area contributed by atoms with E-state index in [4.69, 9.17) is 47.4 Å². The summed E-state index contributed by atoms with van der Waals surface area (Å²) in [5.41, 5.74) is 0. The molecule has 0 rings (SSSR count). The van der Waals surface area contributed by atoms with Gasteiger partial charge in [-0.15, -0.1) is 0 Å². The summed E-state index contributed by atoms with van der Waals surface area (Å²) in [5.74, 6) is -0.442. The molecule has 0 fully saturated rings. The normalized spacial score (nSPS) is 7.05. The van der Waals surface area contributed by atoms with E-state index in [9.17, 15) is 9.59 Å². The zero-order valence-corrected chi connectivity index (χ0v) is 16.5. The van der Waals surface area contributed by atoms with Crippen LogP contribution in [-0.2, 0) is 43.7 Å². The van der Waals surface area contributed by atoms with E-state index in [1.165, 1.54) is 14.2 Å². The first-order valence-corrected chi connectivity index (χ1v) is 13.0. The third kappa shape index (κ3) is 55.8. The number of esters is 1. The zero-order valence-electron chi connectivity index (χ0n) is 10.5. The van der Waals surface area contributed by atoms with Crippen molar-refractivity contribution in [1.82, 2.24) is 0 Å². The maximum absolute atomic E-state index is 10.2. The molecule has 19 heavy (non-hydrogen) atoms. The van der Waals surface area contributed by atoms with Gasteiger partial charge >= 0.3 is 40.5 Å². The molecule has 0 bridgehead atoms. The topological polar surface area (TPSA) is 78.9 Å². The molecule has 0 spiro atoms. The van der Waals surface area contributed by atoms with E-state index < -0.39 is 26.4 Å². The number of hydrogen-bond acceptors (Lipinski definition) is 6. The molecule has 0 N–H and O–H groups in total. The van der Waals surface area contributed by atoms with E-state index in [0.717, 1.165) is 0 Å². The monoisotopic (exact) mass is 410 g/mol. The Morgan fingerprint density at radius 3 is 1.63 bits per heavy atom. The standard InChI is InChI=1S/C4H7ClO3.C3H5ClO2.CH2O.2ClH.Zn/c1-7-2-4(6)8-3-5;1-6-2-3(4)5;1-2;;;/h2-3H2,1H3;2H2,1H3;1H2;2*1H;/q;;;;;+2/p-2. The second-order valence-electron chi connectivity index (χ2n) is 1.95. The first-order chi connectivity index (χ1) is 8.99. The number of alkyl halides is 1. The van der Waals surface area contributed by atoms with Gasteiger partial charge in [-0.1, -0.05) is 11.6 Å². The molecule has 112 valence electrons. The number of rotatable bonds is 5. The van der Waals surface area contributed by atoms with Crippen molar-refractivity contribution in [2.45, 2.75) is 0 Å². The summed E-state index contributed by atoms with van der Waals surface area (Å²) < 4.78 is 13.0. The number of carbonyl (C=O) groups excluding carboxylic acids is 3. The van der Waals surface area contributed by atoms with Crippen molar-refractivity contribution in [3.05, 3.63) is 0 Å². The van der Waals surface area contributed by atoms with E-state index in [2.05, 4.69) is 14.2 Å². The van der Waals surface area contributed by atoms with E-state index in [1.807, 2.05) is 6.79 Å². The minimum absolute atomic E-state index is 0.00154. The minimum atomic E-state index is -0.931. The maximum atomic E-state index is 10.2. The first-order valence-electron chi connectivity index (χ1n) is 4.28. The van der Waals surface area contributed by atoms with Crippen molar-refractivity contribution in [1.29, 1.82) is 0 Å². The van der Waals surface area contributed by atoms with Crippen molar-refractivity contribution in [2.24, 2.45) is 0 Å². The van der Waals surface area contributed by atoms with Gasteiger partial charge in [0.15, 0.2) is 6.07 Å². The van der Waals surface area contributed by atoms with E-state index in [-0.39, 0.29) is 19.3 Å². The van der Waals surface area contributed by atoms with Gasteiger partial charge in [0, 0.05) is 14.2 Å². The molecule has 0 heterocycles. The van der Waals surface area contributed by atoms with Crippen LogP contribution in [0.1, 0.15) is 0 Å². The predicted molar refractivity (Wildman–Crippen MR) is 70.3 cm³/mol. The molecule has 0 radical (unpaired) electrons. The second kappa shape index (κ2) is 31.1. The summed E-state index contributed by atoms with van der Waals surface area (Å²) in [4.78, 5) is 27.9. The van der Waals surface area contributed by atoms with Crippen molar-refractivity contribution >= 4 is 60.6 Å². The molecular weight excluding hydrogens is 399 g/mol. The summed E-state index contributed by atoms with van der Waals surface area (Å²) in [6.07, 6.45) is 0. The van der Waals surface area contributed by atoms with Crippen molar-refractivity contribution in [3.63, 3.8) is 0 Å². The molecule has 0 aromatic heterocycles. The molecule has 0 aliphatic heterocycles. The van der Waals surface area contributed by atoms with E-state index in [1.54, 1.807) is 0 Å². The van der Waals surface area contributed by atoms with Crippen LogP contribution in [-0.4, -0.2) is 51.5 Å². The van der Waals surface area contributed by atoms with E-state index in [0.29, 0.717) is 0 Å². The quantitative estimate of drug-likeness (QED) is 0.297. The molecule has 0 aromatic carbocycles. The van der Waals surface area contributed by atoms with Crippen LogP contribution < -0.4 is 0 Å². The third-order valence-electron chi connectivity index (χ3n) is 0.736. The molecular formula is C8H14Cl4O6Zn. The zero-order chi connectivity index (χ0) is 16.1. The summed E-state index contributed by atoms with van der Waals surface area (Å²) in [6, 6.07) is -0.109. The van der Waals surface area contributed by atoms with Gasteiger partial charge in [0.05, 0.1) is 0 Å². The number of hydrogen-bond donors (Lipinski definition) is 0. The van der Waals surface area contributed by atoms with Gasteiger partial charge in [-0.3, -0.25) is 4.79 Å². The Kier molecular flexibility index (Phi) is 45.5. The Hall–Kier alpha value is 0.513. The fourth-order valence-corrected chi connectivity index (χ4v) is 0.565. The van der Waals surface area contributed by atoms with Crippen LogP contribution in [0.2, 0.25) is 0 Å². The van der Waals surface area contributed by atoms with Crippen LogP contribution in [0, 0.1) is 0 Å². The van der Waals surface area contributed by atoms with Gasteiger partial charge in [0.2, 0.25) is 5.24 Å². The Labute approximate surface area is 137 Å². The Morgan fingerprint density at radius 2 is 1.47 bits per heavy atom. The fraction of sp³-hybridized carbons (Fsp3) is 0.625. The molecule has 0 saturated carbocycles. The van der Waals surface area contributed by atoms with Gasteiger partial charge < -0.3 is 19.0 Å². The SMILES string of the molecule is C=O.COCC(=O)Cl.COCC(=O)OCCl.[Cl][Zn][Cl]. The summed E-state index contributed by atoms with van der Waals surface area (Å²) in [5, 5.41) is -0.461. The molecule has 6 nitrogen and oxygen atoms in total. The summed E-state index contributed by atoms with van der Waals surface area (Å²) in [6.45, 7) is 1.97. The fourth-order valence-electron chi connectivity index (χ4n) is 0.334. The average molecular weight is 413 g/mol. The summed E-state index contributed by atoms with van der Waals surface area (Å²) >= 11 is 8.92. The first kappa shape index (κ1) is 27.8. The molecule has 0 unspecified atom stereocenters. The third-order valence-corrected chi connectivity index (χ3v) is 0.954. The molecule has 11 heteroatoms. The van der Waals surface area contributed by atoms with Crippen LogP contribution in [0.5, 0.6) is 0 Å². The Morgan fingerprint density at radius 1 is 1.11 bits per heavy atom. The Bertz CT molecular complexity index is 190. The van der Waals surface area contributed by atoms with Gasteiger partial charge in [0.1, 0.15) is 20.0 Å². The molecule has 0 aliphatic rings. The van der Waals surface area contributed by atoms with Crippen LogP contribution in [0.25, 0.3) is 0 Å². The van der Waals surface area contributed by atoms with Crippen LogP contribution in [0.15, 0.2) is 0 Å². The van der Waals surface area contributed by atoms with Gasteiger partial charge in [-0.25, -0.2) is 4.79 Å². The van der Waals surface area contributed by atoms with Crippen molar-refractivity contribution in [3.8, 4) is 0 Å². The number of ether oxygens (including phenoxy) is 3. The average Bonchev–Trinajstić information content (AvgIpc) is 2.34. The number of carbonyl (C=O) groups is 3. The predicted octanol–water partition coefficient (Wildman–Crippen LogP) is 1.96. The Balaban J connectivity index is -0.0000000904.